The highest BCUT2D eigenvalue weighted by Crippen LogP contribution is 2.31. The van der Waals surface area contributed by atoms with Crippen molar-refractivity contribution in [3.63, 3.8) is 0 Å². The molecule has 1 saturated heterocycles. The van der Waals surface area contributed by atoms with Crippen LogP contribution < -0.4 is 16.2 Å². The summed E-state index contributed by atoms with van der Waals surface area (Å²) in [6.45, 7) is 0.535. The van der Waals surface area contributed by atoms with Crippen molar-refractivity contribution >= 4 is 5.91 Å². The molecular formula is C19H25N5O2. The number of benzene rings is 1. The Balaban J connectivity index is 1.21. The fraction of sp³-hybridized carbons (Fsp3) is 0.526. The number of fused-ring (bicyclic) bond motifs is 1. The highest BCUT2D eigenvalue weighted by molar-refractivity contribution is 5.75. The van der Waals surface area contributed by atoms with Crippen molar-refractivity contribution in [1.29, 1.82) is 0 Å². The number of amides is 1. The summed E-state index contributed by atoms with van der Waals surface area (Å²) in [4.78, 5) is 16.2. The number of carbonyl (C=O) groups excluding carboxylic acids is 1. The number of hydrazine groups is 1. The molecule has 1 amide bonds. The smallest absolute Gasteiger partial charge is 0.220 e. The van der Waals surface area contributed by atoms with Gasteiger partial charge < -0.3 is 9.84 Å². The molecule has 0 radical (unpaired) electrons. The van der Waals surface area contributed by atoms with Crippen LogP contribution in [-0.2, 0) is 11.3 Å². The molecule has 3 N–H and O–H groups in total. The molecule has 2 heterocycles. The minimum absolute atomic E-state index is 0.105. The molecule has 0 bridgehead atoms. The molecule has 1 aliphatic heterocycles. The number of rotatable bonds is 6. The first-order valence-electron chi connectivity index (χ1n) is 9.43. The van der Waals surface area contributed by atoms with Crippen molar-refractivity contribution in [3.8, 4) is 11.4 Å². The maximum Gasteiger partial charge on any atom is 0.220 e. The first-order chi connectivity index (χ1) is 12.8. The van der Waals surface area contributed by atoms with Gasteiger partial charge in [0.05, 0.1) is 0 Å². The summed E-state index contributed by atoms with van der Waals surface area (Å²) >= 11 is 0. The third-order valence-electron chi connectivity index (χ3n) is 5.54. The molecular weight excluding hydrogens is 330 g/mol. The van der Waals surface area contributed by atoms with Gasteiger partial charge in [0.1, 0.15) is 0 Å². The largest absolute Gasteiger partial charge is 0.352 e. The highest BCUT2D eigenvalue weighted by atomic mass is 16.5. The Hall–Kier alpha value is -2.25. The molecule has 7 nitrogen and oxygen atoms in total. The summed E-state index contributed by atoms with van der Waals surface area (Å²) in [6, 6.07) is 8.82. The molecule has 138 valence electrons. The van der Waals surface area contributed by atoms with Crippen LogP contribution in [0.15, 0.2) is 35.2 Å². The van der Waals surface area contributed by atoms with Crippen LogP contribution >= 0.6 is 0 Å². The summed E-state index contributed by atoms with van der Waals surface area (Å²) in [7, 11) is 0. The molecule has 1 aliphatic carbocycles. The average Bonchev–Trinajstić information content (AvgIpc) is 3.35. The van der Waals surface area contributed by atoms with E-state index < -0.39 is 0 Å². The second-order valence-electron chi connectivity index (χ2n) is 7.22. The van der Waals surface area contributed by atoms with E-state index in [2.05, 4.69) is 26.3 Å². The van der Waals surface area contributed by atoms with Gasteiger partial charge >= 0.3 is 0 Å². The van der Waals surface area contributed by atoms with Crippen molar-refractivity contribution < 1.29 is 9.32 Å². The topological polar surface area (TPSA) is 92.1 Å². The monoisotopic (exact) mass is 355 g/mol. The second kappa shape index (κ2) is 7.97. The molecule has 1 aromatic carbocycles. The summed E-state index contributed by atoms with van der Waals surface area (Å²) in [5.41, 5.74) is 8.76. The maximum atomic E-state index is 12.2. The molecule has 2 fully saturated rings. The predicted molar refractivity (Wildman–Crippen MR) is 96.6 cm³/mol. The number of hydrogen-bond acceptors (Lipinski definition) is 6. The quantitative estimate of drug-likeness (QED) is 0.735. The normalized spacial score (nSPS) is 25.0. The zero-order chi connectivity index (χ0) is 17.8. The van der Waals surface area contributed by atoms with E-state index >= 15 is 0 Å². The van der Waals surface area contributed by atoms with Gasteiger partial charge in [0.15, 0.2) is 0 Å². The van der Waals surface area contributed by atoms with Crippen LogP contribution in [0.4, 0.5) is 0 Å². The summed E-state index contributed by atoms with van der Waals surface area (Å²) in [5, 5.41) is 6.83. The SMILES string of the molecule is O=C(CCC1NNC2CCCCC21)NCc1ccc(-c2ncon2)cc1. The molecule has 2 aromatic rings. The number of nitrogens with zero attached hydrogens (tertiary/aromatic N) is 2. The van der Waals surface area contributed by atoms with Crippen LogP contribution in [0.1, 0.15) is 44.1 Å². The van der Waals surface area contributed by atoms with Crippen molar-refractivity contribution in [2.75, 3.05) is 0 Å². The third kappa shape index (κ3) is 3.94. The Morgan fingerprint density at radius 3 is 2.85 bits per heavy atom. The van der Waals surface area contributed by atoms with Gasteiger partial charge in [-0.15, -0.1) is 0 Å². The number of aromatic nitrogens is 2. The minimum atomic E-state index is 0.105. The van der Waals surface area contributed by atoms with Crippen LogP contribution in [0.2, 0.25) is 0 Å². The Labute approximate surface area is 152 Å². The standard InChI is InChI=1S/C19H25N5O2/c25-18(10-9-17-15-3-1-2-4-16(15)22-23-17)20-11-13-5-7-14(8-6-13)19-21-12-26-24-19/h5-8,12,15-17,22-23H,1-4,9-11H2,(H,20,25). The summed E-state index contributed by atoms with van der Waals surface area (Å²) in [5.74, 6) is 1.35. The predicted octanol–water partition coefficient (Wildman–Crippen LogP) is 2.17. The van der Waals surface area contributed by atoms with E-state index in [1.165, 1.54) is 32.1 Å². The zero-order valence-electron chi connectivity index (χ0n) is 14.8. The van der Waals surface area contributed by atoms with Gasteiger partial charge in [-0.2, -0.15) is 4.98 Å². The molecule has 7 heteroatoms. The van der Waals surface area contributed by atoms with E-state index in [-0.39, 0.29) is 5.91 Å². The molecule has 4 rings (SSSR count). The van der Waals surface area contributed by atoms with Gasteiger partial charge in [0, 0.05) is 30.6 Å². The van der Waals surface area contributed by atoms with Crippen molar-refractivity contribution in [3.05, 3.63) is 36.2 Å². The van der Waals surface area contributed by atoms with Crippen molar-refractivity contribution in [1.82, 2.24) is 26.3 Å². The van der Waals surface area contributed by atoms with Gasteiger partial charge in [-0.1, -0.05) is 42.3 Å². The zero-order valence-corrected chi connectivity index (χ0v) is 14.8. The fourth-order valence-electron chi connectivity index (χ4n) is 4.07. The van der Waals surface area contributed by atoms with Gasteiger partial charge in [-0.3, -0.25) is 15.6 Å². The molecule has 1 aromatic heterocycles. The summed E-state index contributed by atoms with van der Waals surface area (Å²) < 4.78 is 4.75. The van der Waals surface area contributed by atoms with Crippen LogP contribution in [0.5, 0.6) is 0 Å². The van der Waals surface area contributed by atoms with Gasteiger partial charge in [0.25, 0.3) is 0 Å². The Morgan fingerprint density at radius 1 is 1.19 bits per heavy atom. The average molecular weight is 355 g/mol. The lowest BCUT2D eigenvalue weighted by molar-refractivity contribution is -0.121. The lowest BCUT2D eigenvalue weighted by Gasteiger charge is -2.27. The van der Waals surface area contributed by atoms with Crippen LogP contribution in [0.25, 0.3) is 11.4 Å². The number of carbonyl (C=O) groups is 1. The van der Waals surface area contributed by atoms with Crippen molar-refractivity contribution in [2.45, 2.75) is 57.2 Å². The lowest BCUT2D eigenvalue weighted by atomic mass is 9.80. The third-order valence-corrected chi connectivity index (χ3v) is 5.54. The van der Waals surface area contributed by atoms with Crippen LogP contribution in [0, 0.1) is 5.92 Å². The Morgan fingerprint density at radius 2 is 2.04 bits per heavy atom. The van der Waals surface area contributed by atoms with E-state index in [9.17, 15) is 4.79 Å². The van der Waals surface area contributed by atoms with E-state index in [1.54, 1.807) is 0 Å². The van der Waals surface area contributed by atoms with Gasteiger partial charge in [-0.05, 0) is 30.7 Å². The van der Waals surface area contributed by atoms with E-state index in [0.717, 1.165) is 17.5 Å². The maximum absolute atomic E-state index is 12.2. The van der Waals surface area contributed by atoms with Crippen LogP contribution in [-0.4, -0.2) is 28.1 Å². The molecule has 1 saturated carbocycles. The highest BCUT2D eigenvalue weighted by Gasteiger charge is 2.36. The molecule has 3 unspecified atom stereocenters. The molecule has 26 heavy (non-hydrogen) atoms. The van der Waals surface area contributed by atoms with Gasteiger partial charge in [-0.25, -0.2) is 0 Å². The van der Waals surface area contributed by atoms with E-state index in [0.29, 0.717) is 36.8 Å². The second-order valence-corrected chi connectivity index (χ2v) is 7.22. The lowest BCUT2D eigenvalue weighted by Crippen LogP contribution is -2.34. The Bertz CT molecular complexity index is 716. The number of hydrogen-bond donors (Lipinski definition) is 3. The minimum Gasteiger partial charge on any atom is -0.352 e. The van der Waals surface area contributed by atoms with Gasteiger partial charge in [0.2, 0.25) is 18.1 Å². The summed E-state index contributed by atoms with van der Waals surface area (Å²) in [6.07, 6.45) is 7.90. The first kappa shape index (κ1) is 17.2. The molecule has 0 spiro atoms. The fourth-order valence-corrected chi connectivity index (χ4v) is 4.07. The Kier molecular flexibility index (Phi) is 5.26. The number of nitrogens with one attached hydrogen (secondary N) is 3. The molecule has 3 atom stereocenters. The van der Waals surface area contributed by atoms with E-state index in [1.807, 2.05) is 24.3 Å². The van der Waals surface area contributed by atoms with E-state index in [4.69, 9.17) is 4.52 Å². The molecule has 2 aliphatic rings. The van der Waals surface area contributed by atoms with Crippen molar-refractivity contribution in [2.24, 2.45) is 5.92 Å². The van der Waals surface area contributed by atoms with Crippen LogP contribution in [0.3, 0.4) is 0 Å². The first-order valence-corrected chi connectivity index (χ1v) is 9.43.